The molecule has 0 spiro atoms. The van der Waals surface area contributed by atoms with Crippen LogP contribution in [0, 0.1) is 0 Å². The number of imidazole rings is 1. The van der Waals surface area contributed by atoms with Gasteiger partial charge in [-0.05, 0) is 12.8 Å². The molecule has 2 heterocycles. The summed E-state index contributed by atoms with van der Waals surface area (Å²) in [5.41, 5.74) is 0.132. The quantitative estimate of drug-likeness (QED) is 0.826. The molecule has 0 aliphatic heterocycles. The zero-order valence-corrected chi connectivity index (χ0v) is 9.10. The van der Waals surface area contributed by atoms with Gasteiger partial charge in [-0.25, -0.2) is 9.78 Å². The summed E-state index contributed by atoms with van der Waals surface area (Å²) in [5.74, 6) is -0.333. The Morgan fingerprint density at radius 3 is 3.00 bits per heavy atom. The van der Waals surface area contributed by atoms with Crippen LogP contribution in [-0.2, 0) is 5.41 Å². The Labute approximate surface area is 95.9 Å². The number of aromatic nitrogens is 4. The predicted octanol–water partition coefficient (Wildman–Crippen LogP) is 1.21. The maximum atomic E-state index is 10.9. The van der Waals surface area contributed by atoms with E-state index in [-0.39, 0.29) is 22.7 Å². The van der Waals surface area contributed by atoms with Crippen LogP contribution in [0.2, 0.25) is 0 Å². The van der Waals surface area contributed by atoms with Gasteiger partial charge in [0, 0.05) is 5.41 Å². The molecule has 0 aromatic carbocycles. The van der Waals surface area contributed by atoms with E-state index >= 15 is 0 Å². The third-order valence-electron chi connectivity index (χ3n) is 3.02. The van der Waals surface area contributed by atoms with Gasteiger partial charge in [0.2, 0.25) is 0 Å². The Morgan fingerprint density at radius 1 is 1.59 bits per heavy atom. The molecule has 3 rings (SSSR count). The summed E-state index contributed by atoms with van der Waals surface area (Å²) in [7, 11) is 0. The van der Waals surface area contributed by atoms with Crippen molar-refractivity contribution in [3.8, 4) is 11.6 Å². The van der Waals surface area contributed by atoms with Crippen LogP contribution in [0.5, 0.6) is 0 Å². The molecule has 17 heavy (non-hydrogen) atoms. The molecule has 88 valence electrons. The van der Waals surface area contributed by atoms with Gasteiger partial charge in [-0.3, -0.25) is 0 Å². The van der Waals surface area contributed by atoms with Crippen LogP contribution in [0.3, 0.4) is 0 Å². The van der Waals surface area contributed by atoms with Crippen molar-refractivity contribution in [3.63, 3.8) is 0 Å². The Hall–Kier alpha value is -2.18. The predicted molar refractivity (Wildman–Crippen MR) is 55.4 cm³/mol. The first-order chi connectivity index (χ1) is 8.10. The van der Waals surface area contributed by atoms with E-state index in [1.165, 1.54) is 6.33 Å². The van der Waals surface area contributed by atoms with Gasteiger partial charge >= 0.3 is 5.97 Å². The second-order valence-corrected chi connectivity index (χ2v) is 4.42. The van der Waals surface area contributed by atoms with Crippen molar-refractivity contribution in [2.24, 2.45) is 0 Å². The number of H-pyrrole nitrogens is 1. The molecule has 2 aromatic heterocycles. The normalized spacial score (nSPS) is 17.0. The highest BCUT2D eigenvalue weighted by molar-refractivity contribution is 5.91. The Bertz CT molecular complexity index is 582. The fourth-order valence-electron chi connectivity index (χ4n) is 1.60. The van der Waals surface area contributed by atoms with Crippen LogP contribution in [0.4, 0.5) is 0 Å². The van der Waals surface area contributed by atoms with Crippen LogP contribution < -0.4 is 0 Å². The Morgan fingerprint density at radius 2 is 2.35 bits per heavy atom. The number of carboxylic acid groups (broad SMARTS) is 1. The molecule has 0 radical (unpaired) electrons. The van der Waals surface area contributed by atoms with E-state index in [9.17, 15) is 4.79 Å². The SMILES string of the molecule is CC1(c2noc(-c3[nH]cnc3C(=O)O)n2)CC1. The van der Waals surface area contributed by atoms with E-state index in [0.29, 0.717) is 5.82 Å². The van der Waals surface area contributed by atoms with Gasteiger partial charge in [0.1, 0.15) is 5.69 Å². The summed E-state index contributed by atoms with van der Waals surface area (Å²) in [6.45, 7) is 2.05. The number of carboxylic acids is 1. The molecule has 7 nitrogen and oxygen atoms in total. The zero-order valence-electron chi connectivity index (χ0n) is 9.10. The largest absolute Gasteiger partial charge is 0.476 e. The standard InChI is InChI=1S/C10H10N4O3/c1-10(2-3-10)9-13-7(17-14-9)5-6(8(15)16)12-4-11-5/h4H,2-3H2,1H3,(H,11,12)(H,15,16). The van der Waals surface area contributed by atoms with Crippen molar-refractivity contribution in [2.75, 3.05) is 0 Å². The van der Waals surface area contributed by atoms with Crippen molar-refractivity contribution in [2.45, 2.75) is 25.2 Å². The summed E-state index contributed by atoms with van der Waals surface area (Å²) in [6.07, 6.45) is 3.35. The van der Waals surface area contributed by atoms with Gasteiger partial charge < -0.3 is 14.6 Å². The van der Waals surface area contributed by atoms with Gasteiger partial charge in [-0.2, -0.15) is 4.98 Å². The smallest absolute Gasteiger partial charge is 0.356 e. The molecular formula is C10H10N4O3. The highest BCUT2D eigenvalue weighted by Crippen LogP contribution is 2.46. The molecular weight excluding hydrogens is 224 g/mol. The molecule has 0 amide bonds. The van der Waals surface area contributed by atoms with Crippen molar-refractivity contribution in [1.82, 2.24) is 20.1 Å². The lowest BCUT2D eigenvalue weighted by Crippen LogP contribution is -2.02. The maximum Gasteiger partial charge on any atom is 0.356 e. The first-order valence-electron chi connectivity index (χ1n) is 5.21. The highest BCUT2D eigenvalue weighted by atomic mass is 16.5. The third kappa shape index (κ3) is 1.50. The number of hydrogen-bond acceptors (Lipinski definition) is 5. The van der Waals surface area contributed by atoms with E-state index in [0.717, 1.165) is 12.8 Å². The summed E-state index contributed by atoms with van der Waals surface area (Å²) >= 11 is 0. The topological polar surface area (TPSA) is 105 Å². The lowest BCUT2D eigenvalue weighted by Gasteiger charge is -1.97. The van der Waals surface area contributed by atoms with E-state index in [1.54, 1.807) is 0 Å². The number of nitrogens with zero attached hydrogens (tertiary/aromatic N) is 3. The van der Waals surface area contributed by atoms with Crippen molar-refractivity contribution in [3.05, 3.63) is 17.8 Å². The summed E-state index contributed by atoms with van der Waals surface area (Å²) in [6, 6.07) is 0. The second-order valence-electron chi connectivity index (χ2n) is 4.42. The minimum absolute atomic E-state index is 0.00877. The lowest BCUT2D eigenvalue weighted by molar-refractivity contribution is 0.0691. The average Bonchev–Trinajstić information content (AvgIpc) is 2.77. The Kier molecular flexibility index (Phi) is 1.86. The van der Waals surface area contributed by atoms with Crippen molar-refractivity contribution >= 4 is 5.97 Å². The van der Waals surface area contributed by atoms with E-state index in [2.05, 4.69) is 20.1 Å². The molecule has 7 heteroatoms. The third-order valence-corrected chi connectivity index (χ3v) is 3.02. The van der Waals surface area contributed by atoms with E-state index in [1.807, 2.05) is 6.92 Å². The number of nitrogens with one attached hydrogen (secondary N) is 1. The summed E-state index contributed by atoms with van der Waals surface area (Å²) in [5, 5.41) is 12.8. The maximum absolute atomic E-state index is 10.9. The zero-order chi connectivity index (χ0) is 12.0. The van der Waals surface area contributed by atoms with Crippen LogP contribution in [-0.4, -0.2) is 31.2 Å². The van der Waals surface area contributed by atoms with Gasteiger partial charge in [0.15, 0.2) is 11.5 Å². The van der Waals surface area contributed by atoms with Crippen LogP contribution in [0.25, 0.3) is 11.6 Å². The van der Waals surface area contributed by atoms with Gasteiger partial charge in [-0.1, -0.05) is 12.1 Å². The number of carbonyl (C=O) groups is 1. The number of aromatic amines is 1. The minimum atomic E-state index is -1.13. The van der Waals surface area contributed by atoms with Gasteiger partial charge in [0.05, 0.1) is 6.33 Å². The molecule has 0 atom stereocenters. The molecule has 1 saturated carbocycles. The number of aromatic carboxylic acids is 1. The molecule has 1 aliphatic carbocycles. The molecule has 2 N–H and O–H groups in total. The van der Waals surface area contributed by atoms with E-state index in [4.69, 9.17) is 9.63 Å². The number of hydrogen-bond donors (Lipinski definition) is 2. The van der Waals surface area contributed by atoms with Gasteiger partial charge in [0.25, 0.3) is 5.89 Å². The molecule has 0 saturated heterocycles. The fraction of sp³-hybridized carbons (Fsp3) is 0.400. The monoisotopic (exact) mass is 234 g/mol. The second kappa shape index (κ2) is 3.16. The van der Waals surface area contributed by atoms with Crippen molar-refractivity contribution < 1.29 is 14.4 Å². The first-order valence-corrected chi connectivity index (χ1v) is 5.21. The molecule has 1 fully saturated rings. The number of rotatable bonds is 3. The highest BCUT2D eigenvalue weighted by Gasteiger charge is 2.43. The Balaban J connectivity index is 2.01. The van der Waals surface area contributed by atoms with Gasteiger partial charge in [-0.15, -0.1) is 0 Å². The molecule has 0 unspecified atom stereocenters. The van der Waals surface area contributed by atoms with Crippen LogP contribution in [0.1, 0.15) is 36.1 Å². The van der Waals surface area contributed by atoms with Crippen LogP contribution in [0.15, 0.2) is 10.9 Å². The molecule has 2 aromatic rings. The lowest BCUT2D eigenvalue weighted by atomic mass is 10.1. The minimum Gasteiger partial charge on any atom is -0.476 e. The summed E-state index contributed by atoms with van der Waals surface area (Å²) in [4.78, 5) is 21.5. The fourth-order valence-corrected chi connectivity index (χ4v) is 1.60. The molecule has 0 bridgehead atoms. The summed E-state index contributed by atoms with van der Waals surface area (Å²) < 4.78 is 5.07. The molecule has 1 aliphatic rings. The average molecular weight is 234 g/mol. The van der Waals surface area contributed by atoms with E-state index < -0.39 is 5.97 Å². The van der Waals surface area contributed by atoms with Crippen LogP contribution >= 0.6 is 0 Å². The first kappa shape index (κ1) is 10.0. The van der Waals surface area contributed by atoms with Crippen molar-refractivity contribution in [1.29, 1.82) is 0 Å².